The number of hydrogen-bond donors (Lipinski definition) is 0. The van der Waals surface area contributed by atoms with Gasteiger partial charge in [-0.25, -0.2) is 4.79 Å². The van der Waals surface area contributed by atoms with E-state index < -0.39 is 5.60 Å². The molecule has 3 rings (SSSR count). The van der Waals surface area contributed by atoms with Crippen LogP contribution < -0.4 is 0 Å². The number of aromatic nitrogens is 1. The Balaban J connectivity index is 1.62. The second-order valence-electron chi connectivity index (χ2n) is 9.64. The lowest BCUT2D eigenvalue weighted by atomic mass is 9.98. The van der Waals surface area contributed by atoms with Crippen LogP contribution in [0.1, 0.15) is 49.7 Å². The number of rotatable bonds is 7. The zero-order chi connectivity index (χ0) is 23.1. The van der Waals surface area contributed by atoms with Crippen molar-refractivity contribution in [3.05, 3.63) is 71.1 Å². The minimum absolute atomic E-state index is 0.0322. The number of benzene rings is 1. The topological polar surface area (TPSA) is 51.7 Å². The molecule has 1 amide bonds. The molecule has 2 heterocycles. The van der Waals surface area contributed by atoms with E-state index in [1.54, 1.807) is 4.90 Å². The lowest BCUT2D eigenvalue weighted by Crippen LogP contribution is -2.36. The van der Waals surface area contributed by atoms with Crippen LogP contribution in [0.25, 0.3) is 6.08 Å². The van der Waals surface area contributed by atoms with Gasteiger partial charge in [0.05, 0.1) is 19.3 Å². The van der Waals surface area contributed by atoms with Crippen LogP contribution in [0.4, 0.5) is 4.79 Å². The first-order valence-corrected chi connectivity index (χ1v) is 11.4. The molecule has 1 aliphatic rings. The number of ether oxygens (including phenoxy) is 2. The first-order chi connectivity index (χ1) is 15.2. The molecule has 1 saturated heterocycles. The molecule has 1 aromatic heterocycles. The summed E-state index contributed by atoms with van der Waals surface area (Å²) in [6.45, 7) is 11.6. The van der Waals surface area contributed by atoms with Crippen molar-refractivity contribution in [2.45, 2.75) is 59.2 Å². The lowest BCUT2D eigenvalue weighted by Gasteiger charge is -2.24. The fourth-order valence-electron chi connectivity index (χ4n) is 4.07. The van der Waals surface area contributed by atoms with Gasteiger partial charge >= 0.3 is 6.09 Å². The van der Waals surface area contributed by atoms with Gasteiger partial charge in [0.15, 0.2) is 0 Å². The summed E-state index contributed by atoms with van der Waals surface area (Å²) in [6.07, 6.45) is 5.55. The van der Waals surface area contributed by atoms with Gasteiger partial charge in [0, 0.05) is 23.9 Å². The average Bonchev–Trinajstić information content (AvgIpc) is 3.09. The SMILES string of the molecule is Cc1cc(C)nc(C[C@@H]2CN(C(=O)OC(C)(C)C)C[C@@H]2OCC/C=C/c2ccccc2)c1. The number of carbonyl (C=O) groups is 1. The highest BCUT2D eigenvalue weighted by molar-refractivity contribution is 5.68. The van der Waals surface area contributed by atoms with E-state index in [-0.39, 0.29) is 18.1 Å². The van der Waals surface area contributed by atoms with Crippen molar-refractivity contribution in [2.75, 3.05) is 19.7 Å². The fraction of sp³-hybridized carbons (Fsp3) is 0.481. The number of nitrogens with zero attached hydrogens (tertiary/aromatic N) is 2. The standard InChI is InChI=1S/C27H36N2O3/c1-20-15-21(2)28-24(16-20)17-23-18-29(26(30)32-27(3,4)5)19-25(23)31-14-10-9-13-22-11-7-6-8-12-22/h6-9,11-13,15-16,23,25H,10,14,17-19H2,1-5H3/b13-9+/t23-,25+/m1/s1. The minimum atomic E-state index is -0.511. The molecular formula is C27H36N2O3. The Morgan fingerprint density at radius 3 is 2.59 bits per heavy atom. The van der Waals surface area contributed by atoms with Gasteiger partial charge in [0.2, 0.25) is 0 Å². The maximum atomic E-state index is 12.7. The maximum absolute atomic E-state index is 12.7. The van der Waals surface area contributed by atoms with Gasteiger partial charge in [-0.05, 0) is 70.7 Å². The van der Waals surface area contributed by atoms with Crippen LogP contribution in [0.3, 0.4) is 0 Å². The fourth-order valence-corrected chi connectivity index (χ4v) is 4.07. The molecule has 1 aliphatic heterocycles. The number of aryl methyl sites for hydroxylation is 2. The van der Waals surface area contributed by atoms with Gasteiger partial charge in [0.1, 0.15) is 5.60 Å². The third-order valence-electron chi connectivity index (χ3n) is 5.38. The largest absolute Gasteiger partial charge is 0.444 e. The van der Waals surface area contributed by atoms with E-state index in [0.29, 0.717) is 19.7 Å². The van der Waals surface area contributed by atoms with Gasteiger partial charge in [-0.3, -0.25) is 4.98 Å². The quantitative estimate of drug-likeness (QED) is 0.531. The Bertz CT molecular complexity index is 898. The zero-order valence-electron chi connectivity index (χ0n) is 20.0. The number of amides is 1. The number of hydrogen-bond acceptors (Lipinski definition) is 4. The van der Waals surface area contributed by atoms with E-state index >= 15 is 0 Å². The maximum Gasteiger partial charge on any atom is 0.410 e. The van der Waals surface area contributed by atoms with Crippen LogP contribution in [0.15, 0.2) is 48.5 Å². The third-order valence-corrected chi connectivity index (χ3v) is 5.38. The lowest BCUT2D eigenvalue weighted by molar-refractivity contribution is 0.0189. The van der Waals surface area contributed by atoms with Gasteiger partial charge < -0.3 is 14.4 Å². The van der Waals surface area contributed by atoms with E-state index in [2.05, 4.69) is 43.3 Å². The van der Waals surface area contributed by atoms with E-state index in [4.69, 9.17) is 14.5 Å². The van der Waals surface area contributed by atoms with Crippen LogP contribution in [-0.2, 0) is 15.9 Å². The Morgan fingerprint density at radius 2 is 1.91 bits per heavy atom. The Morgan fingerprint density at radius 1 is 1.16 bits per heavy atom. The molecule has 5 heteroatoms. The van der Waals surface area contributed by atoms with Crippen LogP contribution in [0.2, 0.25) is 0 Å². The van der Waals surface area contributed by atoms with Crippen molar-refractivity contribution < 1.29 is 14.3 Å². The summed E-state index contributed by atoms with van der Waals surface area (Å²) in [5.41, 5.74) is 3.95. The van der Waals surface area contributed by atoms with E-state index in [0.717, 1.165) is 24.2 Å². The van der Waals surface area contributed by atoms with Crippen LogP contribution in [0.5, 0.6) is 0 Å². The van der Waals surface area contributed by atoms with Crippen LogP contribution in [-0.4, -0.2) is 47.4 Å². The van der Waals surface area contributed by atoms with Gasteiger partial charge in [-0.15, -0.1) is 0 Å². The summed E-state index contributed by atoms with van der Waals surface area (Å²) in [7, 11) is 0. The predicted octanol–water partition coefficient (Wildman–Crippen LogP) is 5.60. The summed E-state index contributed by atoms with van der Waals surface area (Å²) in [4.78, 5) is 19.2. The number of likely N-dealkylation sites (tertiary alicyclic amines) is 1. The van der Waals surface area contributed by atoms with Gasteiger partial charge in [-0.1, -0.05) is 42.5 Å². The molecular weight excluding hydrogens is 400 g/mol. The Kier molecular flexibility index (Phi) is 8.08. The van der Waals surface area contributed by atoms with Crippen molar-refractivity contribution in [1.29, 1.82) is 0 Å². The first-order valence-electron chi connectivity index (χ1n) is 11.4. The average molecular weight is 437 g/mol. The van der Waals surface area contributed by atoms with Crippen molar-refractivity contribution in [1.82, 2.24) is 9.88 Å². The highest BCUT2D eigenvalue weighted by Crippen LogP contribution is 2.26. The summed E-state index contributed by atoms with van der Waals surface area (Å²) in [6, 6.07) is 14.5. The Hall–Kier alpha value is -2.66. The molecule has 0 bridgehead atoms. The third kappa shape index (κ3) is 7.49. The van der Waals surface area contributed by atoms with E-state index in [1.165, 1.54) is 11.1 Å². The first kappa shape index (κ1) is 24.0. The Labute approximate surface area is 192 Å². The molecule has 172 valence electrons. The molecule has 2 atom stereocenters. The molecule has 1 aromatic carbocycles. The highest BCUT2D eigenvalue weighted by atomic mass is 16.6. The molecule has 1 fully saturated rings. The van der Waals surface area contributed by atoms with Crippen LogP contribution >= 0.6 is 0 Å². The molecule has 0 saturated carbocycles. The molecule has 2 aromatic rings. The second kappa shape index (κ2) is 10.8. The predicted molar refractivity (Wildman–Crippen MR) is 129 cm³/mol. The molecule has 0 aliphatic carbocycles. The molecule has 5 nitrogen and oxygen atoms in total. The summed E-state index contributed by atoms with van der Waals surface area (Å²) in [5, 5.41) is 0. The van der Waals surface area contributed by atoms with Gasteiger partial charge in [0.25, 0.3) is 0 Å². The van der Waals surface area contributed by atoms with E-state index in [1.807, 2.05) is 45.9 Å². The van der Waals surface area contributed by atoms with Gasteiger partial charge in [-0.2, -0.15) is 0 Å². The summed E-state index contributed by atoms with van der Waals surface area (Å²) in [5.74, 6) is 0.189. The number of carbonyl (C=O) groups excluding carboxylic acids is 1. The van der Waals surface area contributed by atoms with E-state index in [9.17, 15) is 4.79 Å². The highest BCUT2D eigenvalue weighted by Gasteiger charge is 2.38. The summed E-state index contributed by atoms with van der Waals surface area (Å²) >= 11 is 0. The second-order valence-corrected chi connectivity index (χ2v) is 9.64. The monoisotopic (exact) mass is 436 g/mol. The molecule has 0 N–H and O–H groups in total. The molecule has 0 unspecified atom stereocenters. The molecule has 0 spiro atoms. The van der Waals surface area contributed by atoms with Crippen molar-refractivity contribution in [2.24, 2.45) is 5.92 Å². The van der Waals surface area contributed by atoms with Crippen LogP contribution in [0, 0.1) is 19.8 Å². The summed E-state index contributed by atoms with van der Waals surface area (Å²) < 4.78 is 11.9. The smallest absolute Gasteiger partial charge is 0.410 e. The molecule has 0 radical (unpaired) electrons. The normalized spacial score (nSPS) is 19.0. The van der Waals surface area contributed by atoms with Crippen molar-refractivity contribution >= 4 is 12.2 Å². The van der Waals surface area contributed by atoms with Crippen molar-refractivity contribution in [3.63, 3.8) is 0 Å². The number of pyridine rings is 1. The molecule has 32 heavy (non-hydrogen) atoms. The zero-order valence-corrected chi connectivity index (χ0v) is 20.0. The minimum Gasteiger partial charge on any atom is -0.444 e. The van der Waals surface area contributed by atoms with Crippen molar-refractivity contribution in [3.8, 4) is 0 Å².